The average Bonchev–Trinajstić information content (AvgIpc) is 3.35. The van der Waals surface area contributed by atoms with Crippen LogP contribution >= 0.6 is 0 Å². The maximum absolute atomic E-state index is 14.7. The van der Waals surface area contributed by atoms with Gasteiger partial charge < -0.3 is 9.47 Å². The SMILES string of the molecule is COc1c(C(C)(C)C)cc2c(c1-c1cc(C(F)(F)F)cc(C(F)(F)F)c1)CN(C(C)c1cccc3ccccc13)[C@H](C)c1c-2cc(C(C)(C)C)c(OC)c1-c1cc(C(F)(F)F)cc(C(F)(F)F)c1. The first kappa shape index (κ1) is 50.2. The zero-order valence-corrected chi connectivity index (χ0v) is 38.8. The quantitative estimate of drug-likeness (QED) is 0.155. The molecule has 6 aromatic carbocycles. The number of alkyl halides is 12. The van der Waals surface area contributed by atoms with Gasteiger partial charge in [0.15, 0.2) is 0 Å². The summed E-state index contributed by atoms with van der Waals surface area (Å²) in [7, 11) is 2.52. The molecule has 15 heteroatoms. The van der Waals surface area contributed by atoms with E-state index in [1.165, 1.54) is 14.2 Å². The molecule has 0 aliphatic carbocycles. The van der Waals surface area contributed by atoms with Crippen molar-refractivity contribution < 1.29 is 62.2 Å². The van der Waals surface area contributed by atoms with Gasteiger partial charge in [0.25, 0.3) is 0 Å². The van der Waals surface area contributed by atoms with Gasteiger partial charge in [0.1, 0.15) is 11.5 Å². The summed E-state index contributed by atoms with van der Waals surface area (Å²) in [5, 5.41) is 1.63. The molecule has 68 heavy (non-hydrogen) atoms. The Bertz CT molecular complexity index is 2840. The molecule has 1 unspecified atom stereocenters. The minimum Gasteiger partial charge on any atom is -0.496 e. The third-order valence-corrected chi connectivity index (χ3v) is 12.8. The number of benzene rings is 6. The van der Waals surface area contributed by atoms with Gasteiger partial charge in [-0.1, -0.05) is 84.0 Å². The molecule has 0 radical (unpaired) electrons. The lowest BCUT2D eigenvalue weighted by Crippen LogP contribution is -2.30. The molecule has 362 valence electrons. The smallest absolute Gasteiger partial charge is 0.416 e. The van der Waals surface area contributed by atoms with E-state index in [1.807, 2.05) is 54.3 Å². The van der Waals surface area contributed by atoms with Gasteiger partial charge in [0.05, 0.1) is 36.5 Å². The van der Waals surface area contributed by atoms with Crippen molar-refractivity contribution in [3.05, 3.63) is 141 Å². The summed E-state index contributed by atoms with van der Waals surface area (Å²) >= 11 is 0. The van der Waals surface area contributed by atoms with Gasteiger partial charge in [-0.05, 0) is 123 Å². The molecule has 7 rings (SSSR count). The van der Waals surface area contributed by atoms with Crippen LogP contribution in [0, 0.1) is 0 Å². The second-order valence-corrected chi connectivity index (χ2v) is 19.3. The maximum Gasteiger partial charge on any atom is 0.416 e. The topological polar surface area (TPSA) is 21.7 Å². The molecular formula is C53H49F12NO2. The molecule has 3 nitrogen and oxygen atoms in total. The van der Waals surface area contributed by atoms with E-state index < -0.39 is 81.0 Å². The fraction of sp³-hybridized carbons (Fsp3) is 0.358. The highest BCUT2D eigenvalue weighted by molar-refractivity contribution is 5.92. The molecular weight excluding hydrogens is 911 g/mol. The highest BCUT2D eigenvalue weighted by Gasteiger charge is 2.43. The predicted octanol–water partition coefficient (Wildman–Crippen LogP) is 17.2. The van der Waals surface area contributed by atoms with Gasteiger partial charge >= 0.3 is 24.7 Å². The molecule has 1 heterocycles. The van der Waals surface area contributed by atoms with Crippen LogP contribution in [0.5, 0.6) is 11.5 Å². The normalized spacial score (nSPS) is 15.8. The summed E-state index contributed by atoms with van der Waals surface area (Å²) in [5.41, 5.74) is -6.93. The monoisotopic (exact) mass is 959 g/mol. The first-order valence-corrected chi connectivity index (χ1v) is 21.6. The van der Waals surface area contributed by atoms with Crippen LogP contribution in [0.3, 0.4) is 0 Å². The highest BCUT2D eigenvalue weighted by Crippen LogP contribution is 2.57. The maximum atomic E-state index is 14.7. The van der Waals surface area contributed by atoms with Gasteiger partial charge in [0.2, 0.25) is 0 Å². The molecule has 6 aromatic rings. The third kappa shape index (κ3) is 9.26. The van der Waals surface area contributed by atoms with E-state index >= 15 is 0 Å². The Morgan fingerprint density at radius 2 is 0.941 bits per heavy atom. The number of methoxy groups -OCH3 is 2. The Balaban J connectivity index is 1.77. The lowest BCUT2D eigenvalue weighted by Gasteiger charge is -2.37. The van der Waals surface area contributed by atoms with Crippen LogP contribution in [0.15, 0.2) is 91.0 Å². The number of ether oxygens (including phenoxy) is 2. The Labute approximate surface area is 386 Å². The van der Waals surface area contributed by atoms with Crippen molar-refractivity contribution in [2.45, 2.75) is 110 Å². The minimum atomic E-state index is -5.23. The molecule has 0 saturated heterocycles. The molecule has 1 aliphatic rings. The summed E-state index contributed by atoms with van der Waals surface area (Å²) in [5.74, 6) is -0.0377. The van der Waals surface area contributed by atoms with Gasteiger partial charge in [-0.2, -0.15) is 52.7 Å². The number of hydrogen-bond acceptors (Lipinski definition) is 3. The summed E-state index contributed by atoms with van der Waals surface area (Å²) in [4.78, 5) is 1.89. The molecule has 0 bridgehead atoms. The van der Waals surface area contributed by atoms with Crippen LogP contribution in [-0.4, -0.2) is 19.1 Å². The zero-order valence-electron chi connectivity index (χ0n) is 38.8. The largest absolute Gasteiger partial charge is 0.496 e. The van der Waals surface area contributed by atoms with E-state index in [4.69, 9.17) is 9.47 Å². The number of halogens is 12. The molecule has 0 amide bonds. The number of rotatable bonds is 6. The molecule has 0 aromatic heterocycles. The number of fused-ring (bicyclic) bond motifs is 4. The van der Waals surface area contributed by atoms with Crippen LogP contribution in [0.2, 0.25) is 0 Å². The van der Waals surface area contributed by atoms with Crippen molar-refractivity contribution in [2.75, 3.05) is 14.2 Å². The van der Waals surface area contributed by atoms with E-state index in [0.717, 1.165) is 16.3 Å². The van der Waals surface area contributed by atoms with E-state index in [9.17, 15) is 52.7 Å². The van der Waals surface area contributed by atoms with Gasteiger partial charge in [-0.3, -0.25) is 4.90 Å². The van der Waals surface area contributed by atoms with Crippen molar-refractivity contribution in [1.82, 2.24) is 4.90 Å². The molecule has 0 fully saturated rings. The Morgan fingerprint density at radius 1 is 0.529 bits per heavy atom. The minimum absolute atomic E-state index is 0.0185. The molecule has 2 atom stereocenters. The fourth-order valence-electron chi connectivity index (χ4n) is 9.52. The molecule has 0 spiro atoms. The number of nitrogens with zero attached hydrogens (tertiary/aromatic N) is 1. The van der Waals surface area contributed by atoms with E-state index in [2.05, 4.69) is 0 Å². The second-order valence-electron chi connectivity index (χ2n) is 19.3. The summed E-state index contributed by atoms with van der Waals surface area (Å²) in [6.07, 6.45) is -20.9. The first-order valence-electron chi connectivity index (χ1n) is 21.6. The van der Waals surface area contributed by atoms with E-state index in [1.54, 1.807) is 60.6 Å². The van der Waals surface area contributed by atoms with E-state index in [0.29, 0.717) is 35.4 Å². The van der Waals surface area contributed by atoms with E-state index in [-0.39, 0.29) is 63.6 Å². The zero-order chi connectivity index (χ0) is 50.4. The van der Waals surface area contributed by atoms with Crippen molar-refractivity contribution >= 4 is 10.8 Å². The van der Waals surface area contributed by atoms with Gasteiger partial charge in [-0.25, -0.2) is 0 Å². The summed E-state index contributed by atoms with van der Waals surface area (Å²) in [6, 6.07) is 17.4. The lowest BCUT2D eigenvalue weighted by atomic mass is 9.75. The molecule has 1 aliphatic heterocycles. The van der Waals surface area contributed by atoms with Crippen LogP contribution in [0.1, 0.15) is 118 Å². The Morgan fingerprint density at radius 3 is 1.38 bits per heavy atom. The average molecular weight is 960 g/mol. The first-order chi connectivity index (χ1) is 31.3. The summed E-state index contributed by atoms with van der Waals surface area (Å²) < 4.78 is 189. The van der Waals surface area contributed by atoms with Crippen molar-refractivity contribution in [3.63, 3.8) is 0 Å². The van der Waals surface area contributed by atoms with Crippen molar-refractivity contribution in [1.29, 1.82) is 0 Å². The molecule has 0 saturated carbocycles. The lowest BCUT2D eigenvalue weighted by molar-refractivity contribution is -0.144. The van der Waals surface area contributed by atoms with Crippen molar-refractivity contribution in [2.24, 2.45) is 0 Å². The van der Waals surface area contributed by atoms with Gasteiger partial charge in [-0.15, -0.1) is 0 Å². The molecule has 0 N–H and O–H groups in total. The number of hydrogen-bond donors (Lipinski definition) is 0. The van der Waals surface area contributed by atoms with Crippen LogP contribution in [0.4, 0.5) is 52.7 Å². The van der Waals surface area contributed by atoms with Crippen LogP contribution in [-0.2, 0) is 42.1 Å². The third-order valence-electron chi connectivity index (χ3n) is 12.8. The Kier molecular flexibility index (Phi) is 12.6. The summed E-state index contributed by atoms with van der Waals surface area (Å²) in [6.45, 7) is 14.0. The van der Waals surface area contributed by atoms with Crippen LogP contribution in [0.25, 0.3) is 44.2 Å². The van der Waals surface area contributed by atoms with Gasteiger partial charge in [0, 0.05) is 40.9 Å². The predicted molar refractivity (Wildman–Crippen MR) is 240 cm³/mol. The highest BCUT2D eigenvalue weighted by atomic mass is 19.4. The second kappa shape index (κ2) is 17.1. The standard InChI is InChI=1S/C53H49F12NO2/c1-27(36-17-13-15-29-14-11-12-16-37(29)36)66-26-40-38(24-41(48(3,4)5)46(67-9)44(40)30-18-32(50(54,55)56)22-33(19-30)51(57,58)59)39-25-42(49(6,7)8)47(68-10)45(43(39)28(66)2)31-20-34(52(60,61)62)23-35(21-31)53(63,64)65/h11-25,27-28H,26H2,1-10H3/t27?,28-/m1/s1. The van der Waals surface area contributed by atoms with Crippen molar-refractivity contribution in [3.8, 4) is 44.9 Å². The fourth-order valence-corrected chi connectivity index (χ4v) is 9.52. The van der Waals surface area contributed by atoms with Crippen LogP contribution < -0.4 is 9.47 Å². The Hall–Kier alpha value is -5.70.